The molecular formula is C8H13N5O. The van der Waals surface area contributed by atoms with Crippen LogP contribution >= 0.6 is 0 Å². The van der Waals surface area contributed by atoms with E-state index in [1.165, 1.54) is 4.90 Å². The minimum atomic E-state index is -0.273. The standard InChI is InChI=1S/C8H13N5O/c1-5-3-4-6(14-5)13(2)8(11)12-7(9)10/h3-4H,1-2H3,(H5,9,10,11,12). The molecule has 14 heavy (non-hydrogen) atoms. The predicted octanol–water partition coefficient (Wildman–Crippen LogP) is 0.442. The molecule has 1 heterocycles. The number of nitrogens with two attached hydrogens (primary N) is 1. The number of hydrogen-bond donors (Lipinski definition) is 4. The van der Waals surface area contributed by atoms with Gasteiger partial charge in [-0.25, -0.2) is 0 Å². The summed E-state index contributed by atoms with van der Waals surface area (Å²) in [6, 6.07) is 3.54. The SMILES string of the molecule is Cc1ccc(N(C)C(=N)NC(=N)N)o1. The van der Waals surface area contributed by atoms with Gasteiger partial charge < -0.3 is 10.2 Å². The van der Waals surface area contributed by atoms with Gasteiger partial charge in [-0.05, 0) is 13.0 Å². The highest BCUT2D eigenvalue weighted by Gasteiger charge is 2.10. The highest BCUT2D eigenvalue weighted by atomic mass is 16.4. The normalized spacial score (nSPS) is 9.57. The lowest BCUT2D eigenvalue weighted by Crippen LogP contribution is -2.44. The third-order valence-electron chi connectivity index (χ3n) is 1.65. The van der Waals surface area contributed by atoms with Crippen molar-refractivity contribution in [2.24, 2.45) is 5.73 Å². The number of nitrogens with zero attached hydrogens (tertiary/aromatic N) is 1. The van der Waals surface area contributed by atoms with Crippen LogP contribution in [-0.4, -0.2) is 19.0 Å². The second-order valence-electron chi connectivity index (χ2n) is 2.83. The van der Waals surface area contributed by atoms with Crippen molar-refractivity contribution in [3.05, 3.63) is 17.9 Å². The molecule has 76 valence electrons. The monoisotopic (exact) mass is 195 g/mol. The first-order chi connectivity index (χ1) is 6.50. The highest BCUT2D eigenvalue weighted by Crippen LogP contribution is 2.15. The van der Waals surface area contributed by atoms with Crippen molar-refractivity contribution in [3.8, 4) is 0 Å². The molecule has 0 spiro atoms. The average molecular weight is 195 g/mol. The van der Waals surface area contributed by atoms with Crippen molar-refractivity contribution in [1.82, 2.24) is 5.32 Å². The fraction of sp³-hybridized carbons (Fsp3) is 0.250. The number of nitrogens with one attached hydrogen (secondary N) is 3. The van der Waals surface area contributed by atoms with E-state index in [0.29, 0.717) is 5.88 Å². The van der Waals surface area contributed by atoms with Gasteiger partial charge in [0, 0.05) is 13.1 Å². The van der Waals surface area contributed by atoms with Gasteiger partial charge in [0.2, 0.25) is 11.8 Å². The Labute approximate surface area is 81.7 Å². The molecule has 0 unspecified atom stereocenters. The summed E-state index contributed by atoms with van der Waals surface area (Å²) in [7, 11) is 1.65. The summed E-state index contributed by atoms with van der Waals surface area (Å²) in [6.07, 6.45) is 0. The molecule has 0 aliphatic rings. The predicted molar refractivity (Wildman–Crippen MR) is 54.6 cm³/mol. The van der Waals surface area contributed by atoms with Gasteiger partial charge in [-0.1, -0.05) is 0 Å². The summed E-state index contributed by atoms with van der Waals surface area (Å²) in [5.74, 6) is 1.01. The van der Waals surface area contributed by atoms with Crippen molar-refractivity contribution >= 4 is 17.8 Å². The lowest BCUT2D eigenvalue weighted by Gasteiger charge is -2.16. The van der Waals surface area contributed by atoms with E-state index >= 15 is 0 Å². The fourth-order valence-electron chi connectivity index (χ4n) is 0.924. The second kappa shape index (κ2) is 3.82. The van der Waals surface area contributed by atoms with E-state index in [-0.39, 0.29) is 11.9 Å². The van der Waals surface area contributed by atoms with Crippen molar-refractivity contribution < 1.29 is 4.42 Å². The van der Waals surface area contributed by atoms with Crippen LogP contribution in [0.2, 0.25) is 0 Å². The molecule has 0 aliphatic carbocycles. The van der Waals surface area contributed by atoms with Crippen LogP contribution in [0.15, 0.2) is 16.5 Å². The summed E-state index contributed by atoms with van der Waals surface area (Å²) in [4.78, 5) is 1.45. The Bertz CT molecular complexity index is 356. The number of aryl methyl sites for hydroxylation is 1. The van der Waals surface area contributed by atoms with E-state index in [1.54, 1.807) is 19.2 Å². The van der Waals surface area contributed by atoms with Crippen LogP contribution in [0.4, 0.5) is 5.88 Å². The molecule has 5 N–H and O–H groups in total. The highest BCUT2D eigenvalue weighted by molar-refractivity contribution is 6.02. The Morgan fingerprint density at radius 2 is 2.14 bits per heavy atom. The molecule has 0 atom stereocenters. The van der Waals surface area contributed by atoms with Gasteiger partial charge in [0.1, 0.15) is 5.76 Å². The zero-order valence-corrected chi connectivity index (χ0v) is 8.09. The largest absolute Gasteiger partial charge is 0.445 e. The van der Waals surface area contributed by atoms with Crippen LogP contribution in [0.25, 0.3) is 0 Å². The molecule has 6 nitrogen and oxygen atoms in total. The lowest BCUT2D eigenvalue weighted by molar-refractivity contribution is 0.539. The summed E-state index contributed by atoms with van der Waals surface area (Å²) in [6.45, 7) is 1.82. The summed E-state index contributed by atoms with van der Waals surface area (Å²) >= 11 is 0. The second-order valence-corrected chi connectivity index (χ2v) is 2.83. The van der Waals surface area contributed by atoms with Crippen molar-refractivity contribution in [1.29, 1.82) is 10.8 Å². The molecule has 0 amide bonds. The van der Waals surface area contributed by atoms with Crippen molar-refractivity contribution in [3.63, 3.8) is 0 Å². The number of guanidine groups is 2. The quantitative estimate of drug-likeness (QED) is 0.385. The van der Waals surface area contributed by atoms with Gasteiger partial charge >= 0.3 is 0 Å². The average Bonchev–Trinajstić information content (AvgIpc) is 2.49. The Balaban J connectivity index is 2.70. The molecular weight excluding hydrogens is 182 g/mol. The molecule has 0 radical (unpaired) electrons. The maximum Gasteiger partial charge on any atom is 0.204 e. The van der Waals surface area contributed by atoms with E-state index < -0.39 is 0 Å². The number of rotatable bonds is 1. The zero-order valence-electron chi connectivity index (χ0n) is 8.09. The number of anilines is 1. The Hall–Kier alpha value is -1.98. The van der Waals surface area contributed by atoms with Crippen molar-refractivity contribution in [2.45, 2.75) is 6.92 Å². The van der Waals surface area contributed by atoms with Gasteiger partial charge in [0.25, 0.3) is 0 Å². The molecule has 1 aromatic rings. The lowest BCUT2D eigenvalue weighted by atomic mass is 10.5. The maximum absolute atomic E-state index is 7.51. The van der Waals surface area contributed by atoms with Crippen LogP contribution in [0.5, 0.6) is 0 Å². The molecule has 0 aromatic carbocycles. The van der Waals surface area contributed by atoms with Crippen LogP contribution in [0.3, 0.4) is 0 Å². The maximum atomic E-state index is 7.51. The molecule has 0 bridgehead atoms. The molecule has 1 rings (SSSR count). The van der Waals surface area contributed by atoms with E-state index in [9.17, 15) is 0 Å². The minimum absolute atomic E-state index is 0.00755. The number of furan rings is 1. The first kappa shape index (κ1) is 10.1. The Morgan fingerprint density at radius 3 is 2.57 bits per heavy atom. The molecule has 0 saturated carbocycles. The van der Waals surface area contributed by atoms with Crippen LogP contribution in [-0.2, 0) is 0 Å². The van der Waals surface area contributed by atoms with Gasteiger partial charge in [0.05, 0.1) is 0 Å². The van der Waals surface area contributed by atoms with Crippen LogP contribution < -0.4 is 16.0 Å². The Morgan fingerprint density at radius 1 is 1.50 bits per heavy atom. The van der Waals surface area contributed by atoms with Gasteiger partial charge in [-0.2, -0.15) is 0 Å². The van der Waals surface area contributed by atoms with E-state index in [0.717, 1.165) is 5.76 Å². The third kappa shape index (κ3) is 2.25. The van der Waals surface area contributed by atoms with Gasteiger partial charge in [0.15, 0.2) is 5.96 Å². The molecule has 0 fully saturated rings. The van der Waals surface area contributed by atoms with Crippen molar-refractivity contribution in [2.75, 3.05) is 11.9 Å². The number of hydrogen-bond acceptors (Lipinski definition) is 3. The molecule has 1 aromatic heterocycles. The Kier molecular flexibility index (Phi) is 2.76. The van der Waals surface area contributed by atoms with Crippen LogP contribution in [0.1, 0.15) is 5.76 Å². The third-order valence-corrected chi connectivity index (χ3v) is 1.65. The van der Waals surface area contributed by atoms with Gasteiger partial charge in [-0.15, -0.1) is 0 Å². The first-order valence-electron chi connectivity index (χ1n) is 4.00. The summed E-state index contributed by atoms with van der Waals surface area (Å²) in [5.41, 5.74) is 5.09. The molecule has 0 aliphatic heterocycles. The minimum Gasteiger partial charge on any atom is -0.445 e. The smallest absolute Gasteiger partial charge is 0.204 e. The zero-order chi connectivity index (χ0) is 10.7. The van der Waals surface area contributed by atoms with E-state index in [2.05, 4.69) is 5.32 Å². The fourth-order valence-corrected chi connectivity index (χ4v) is 0.924. The summed E-state index contributed by atoms with van der Waals surface area (Å²) < 4.78 is 5.28. The summed E-state index contributed by atoms with van der Waals surface area (Å²) in [5, 5.41) is 16.8. The van der Waals surface area contributed by atoms with Gasteiger partial charge in [-0.3, -0.25) is 21.0 Å². The topological polar surface area (TPSA) is 102 Å². The van der Waals surface area contributed by atoms with E-state index in [4.69, 9.17) is 21.0 Å². The van der Waals surface area contributed by atoms with E-state index in [1.807, 2.05) is 6.92 Å². The molecule has 6 heteroatoms. The first-order valence-corrected chi connectivity index (χ1v) is 4.00. The molecule has 0 saturated heterocycles. The van der Waals surface area contributed by atoms with Crippen LogP contribution in [0, 0.1) is 17.7 Å².